The van der Waals surface area contributed by atoms with E-state index in [1.165, 1.54) is 13.8 Å². The predicted octanol–water partition coefficient (Wildman–Crippen LogP) is 1.14. The van der Waals surface area contributed by atoms with Crippen LogP contribution in [0.5, 0.6) is 0 Å². The number of nitrogens with zero attached hydrogens (tertiary/aromatic N) is 3. The number of hydroxylamine groups is 2. The summed E-state index contributed by atoms with van der Waals surface area (Å²) in [6.45, 7) is 6.22. The average molecular weight is 292 g/mol. The molecule has 0 aromatic carbocycles. The molecule has 1 radical (unpaired) electrons. The van der Waals surface area contributed by atoms with Crippen LogP contribution in [-0.4, -0.2) is 38.5 Å². The molecule has 0 aliphatic carbocycles. The van der Waals surface area contributed by atoms with Crippen LogP contribution < -0.4 is 0 Å². The number of hydrogen-bond acceptors (Lipinski definition) is 7. The summed E-state index contributed by atoms with van der Waals surface area (Å²) in [5.74, 6) is 0. The van der Waals surface area contributed by atoms with E-state index in [4.69, 9.17) is 0 Å². The van der Waals surface area contributed by atoms with E-state index >= 15 is 0 Å². The second-order valence-corrected chi connectivity index (χ2v) is 5.92. The molecule has 0 aromatic heterocycles. The Balaban J connectivity index is 3.17. The van der Waals surface area contributed by atoms with Crippen molar-refractivity contribution >= 4 is 0 Å². The third-order valence-electron chi connectivity index (χ3n) is 3.57. The molecule has 2 unspecified atom stereocenters. The Labute approximate surface area is 115 Å². The number of hydrogen-bond donors (Lipinski definition) is 0. The molecule has 0 spiro atoms. The fourth-order valence-electron chi connectivity index (χ4n) is 2.61. The number of rotatable bonds is 4. The van der Waals surface area contributed by atoms with Gasteiger partial charge in [0.1, 0.15) is 6.10 Å². The van der Waals surface area contributed by atoms with E-state index in [2.05, 4.69) is 9.68 Å². The normalized spacial score (nSPS) is 29.2. The fraction of sp³-hybridized carbons (Fsp3) is 1.00. The lowest BCUT2D eigenvalue weighted by Crippen LogP contribution is -2.60. The predicted molar refractivity (Wildman–Crippen MR) is 63.7 cm³/mol. The summed E-state index contributed by atoms with van der Waals surface area (Å²) >= 11 is 0. The van der Waals surface area contributed by atoms with Crippen LogP contribution in [0.3, 0.4) is 0 Å². The second-order valence-electron chi connectivity index (χ2n) is 5.92. The van der Waals surface area contributed by atoms with Gasteiger partial charge in [-0.1, -0.05) is 0 Å². The summed E-state index contributed by atoms with van der Waals surface area (Å²) in [5.41, 5.74) is -2.19. The van der Waals surface area contributed by atoms with Gasteiger partial charge in [-0.05, 0) is 40.5 Å². The summed E-state index contributed by atoms with van der Waals surface area (Å²) in [7, 11) is 0. The van der Waals surface area contributed by atoms with E-state index in [-0.39, 0.29) is 12.8 Å². The van der Waals surface area contributed by atoms with Gasteiger partial charge in [0.2, 0.25) is 0 Å². The van der Waals surface area contributed by atoms with Gasteiger partial charge in [-0.2, -0.15) is 0 Å². The van der Waals surface area contributed by atoms with Crippen molar-refractivity contribution in [2.45, 2.75) is 63.8 Å². The van der Waals surface area contributed by atoms with Gasteiger partial charge in [-0.3, -0.25) is 0 Å². The van der Waals surface area contributed by atoms with Crippen LogP contribution in [0.25, 0.3) is 0 Å². The molecule has 0 saturated carbocycles. The molecule has 0 bridgehead atoms. The van der Waals surface area contributed by atoms with Crippen LogP contribution in [0.2, 0.25) is 0 Å². The Bertz CT molecular complexity index is 398. The van der Waals surface area contributed by atoms with Crippen molar-refractivity contribution in [2.75, 3.05) is 0 Å². The molecule has 1 saturated heterocycles. The maximum Gasteiger partial charge on any atom is 0.294 e. The Hall–Kier alpha value is -1.68. The Morgan fingerprint density at radius 2 is 1.60 bits per heavy atom. The zero-order valence-corrected chi connectivity index (χ0v) is 11.8. The summed E-state index contributed by atoms with van der Waals surface area (Å²) < 4.78 is 0. The van der Waals surface area contributed by atoms with E-state index < -0.39 is 33.5 Å². The van der Waals surface area contributed by atoms with E-state index in [0.29, 0.717) is 5.06 Å². The summed E-state index contributed by atoms with van der Waals surface area (Å²) in [4.78, 5) is 30.1. The Morgan fingerprint density at radius 3 is 2.05 bits per heavy atom. The quantitative estimate of drug-likeness (QED) is 0.561. The molecule has 1 fully saturated rings. The highest BCUT2D eigenvalue weighted by Crippen LogP contribution is 2.38. The first kappa shape index (κ1) is 16.4. The van der Waals surface area contributed by atoms with E-state index in [0.717, 1.165) is 0 Å². The highest BCUT2D eigenvalue weighted by molar-refractivity contribution is 4.99. The van der Waals surface area contributed by atoms with Crippen LogP contribution in [0, 0.1) is 20.2 Å². The zero-order valence-electron chi connectivity index (χ0n) is 11.8. The molecule has 20 heavy (non-hydrogen) atoms. The molecule has 0 N–H and O–H groups in total. The minimum Gasteiger partial charge on any atom is -0.308 e. The van der Waals surface area contributed by atoms with Crippen LogP contribution in [0.1, 0.15) is 40.5 Å². The van der Waals surface area contributed by atoms with E-state index in [1.54, 1.807) is 13.8 Å². The molecule has 1 aliphatic heterocycles. The topological polar surface area (TPSA) is 128 Å². The Morgan fingerprint density at radius 1 is 1.10 bits per heavy atom. The van der Waals surface area contributed by atoms with Gasteiger partial charge in [0.05, 0.1) is 5.54 Å². The van der Waals surface area contributed by atoms with Crippen molar-refractivity contribution < 1.29 is 25.1 Å². The van der Waals surface area contributed by atoms with Gasteiger partial charge in [0.15, 0.2) is 6.10 Å². The average Bonchev–Trinajstić information content (AvgIpc) is 2.33. The van der Waals surface area contributed by atoms with E-state index in [9.17, 15) is 25.4 Å². The van der Waals surface area contributed by atoms with Gasteiger partial charge >= 0.3 is 0 Å². The van der Waals surface area contributed by atoms with Crippen LogP contribution in [0.15, 0.2) is 0 Å². The van der Waals surface area contributed by atoms with Crippen molar-refractivity contribution in [1.82, 2.24) is 5.06 Å². The Kier molecular flexibility index (Phi) is 4.39. The molecule has 0 aromatic rings. The molecule has 10 heteroatoms. The minimum absolute atomic E-state index is 0.106. The molecular formula is C10H18N3O7. The lowest BCUT2D eigenvalue weighted by atomic mass is 9.92. The van der Waals surface area contributed by atoms with Crippen LogP contribution >= 0.6 is 0 Å². The first-order chi connectivity index (χ1) is 8.98. The largest absolute Gasteiger partial charge is 0.308 e. The van der Waals surface area contributed by atoms with Gasteiger partial charge in [0.25, 0.3) is 10.2 Å². The van der Waals surface area contributed by atoms with Crippen molar-refractivity contribution in [3.05, 3.63) is 20.2 Å². The van der Waals surface area contributed by atoms with Crippen LogP contribution in [-0.2, 0) is 14.9 Å². The lowest BCUT2D eigenvalue weighted by molar-refractivity contribution is -0.801. The van der Waals surface area contributed by atoms with Crippen molar-refractivity contribution in [1.29, 1.82) is 0 Å². The van der Waals surface area contributed by atoms with Crippen LogP contribution in [0.4, 0.5) is 0 Å². The third-order valence-corrected chi connectivity index (χ3v) is 3.57. The maximum absolute atomic E-state index is 12.4. The van der Waals surface area contributed by atoms with Crippen molar-refractivity contribution in [3.8, 4) is 0 Å². The van der Waals surface area contributed by atoms with Crippen molar-refractivity contribution in [2.24, 2.45) is 0 Å². The summed E-state index contributed by atoms with van der Waals surface area (Å²) in [6, 6.07) is 0. The second kappa shape index (κ2) is 5.37. The third kappa shape index (κ3) is 3.25. The monoisotopic (exact) mass is 292 g/mol. The van der Waals surface area contributed by atoms with Gasteiger partial charge < -0.3 is 9.68 Å². The maximum atomic E-state index is 12.4. The van der Waals surface area contributed by atoms with Crippen molar-refractivity contribution in [3.63, 3.8) is 0 Å². The highest BCUT2D eigenvalue weighted by Gasteiger charge is 2.52. The SMILES string of the molecule is CC1(C)CCC(O[N+](=O)[O-])C(O[N+](=O)[O-])C(C)(C)N1[O]. The van der Waals surface area contributed by atoms with E-state index in [1.807, 2.05) is 0 Å². The first-order valence-corrected chi connectivity index (χ1v) is 6.08. The molecule has 1 rings (SSSR count). The molecular weight excluding hydrogens is 274 g/mol. The summed E-state index contributed by atoms with van der Waals surface area (Å²) in [5, 5.41) is 32.1. The fourth-order valence-corrected chi connectivity index (χ4v) is 2.61. The van der Waals surface area contributed by atoms with Gasteiger partial charge in [-0.25, -0.2) is 0 Å². The molecule has 2 atom stereocenters. The molecule has 115 valence electrons. The molecule has 10 nitrogen and oxygen atoms in total. The molecule has 1 aliphatic rings. The molecule has 0 amide bonds. The highest BCUT2D eigenvalue weighted by atomic mass is 17.0. The van der Waals surface area contributed by atoms with Gasteiger partial charge in [0, 0.05) is 5.54 Å². The smallest absolute Gasteiger partial charge is 0.294 e. The minimum atomic E-state index is -1.36. The summed E-state index contributed by atoms with van der Waals surface area (Å²) in [6.07, 6.45) is -2.14. The lowest BCUT2D eigenvalue weighted by Gasteiger charge is -2.42. The zero-order chi connectivity index (χ0) is 15.7. The standard InChI is InChI=1S/C10H18N3O7/c1-9(2)6-5-7(19-12(15)16)8(20-13(17)18)10(3,4)11(9)14/h7-8H,5-6H2,1-4H3. The molecule has 1 heterocycles. The van der Waals surface area contributed by atoms with Gasteiger partial charge in [-0.15, -0.1) is 30.5 Å². The first-order valence-electron chi connectivity index (χ1n) is 6.08.